The third kappa shape index (κ3) is 4.97. The molecule has 2 nitrogen and oxygen atoms in total. The van der Waals surface area contributed by atoms with Crippen LogP contribution in [-0.4, -0.2) is 12.5 Å². The van der Waals surface area contributed by atoms with Gasteiger partial charge in [0.15, 0.2) is 0 Å². The average molecular weight is 274 g/mol. The zero-order chi connectivity index (χ0) is 12.7. The van der Waals surface area contributed by atoms with E-state index in [1.165, 1.54) is 0 Å². The third-order valence-corrected chi connectivity index (χ3v) is 3.21. The summed E-state index contributed by atoms with van der Waals surface area (Å²) in [4.78, 5) is 11.7. The molecule has 0 saturated heterocycles. The molecule has 17 heavy (non-hydrogen) atoms. The standard InChI is InChI=1S/C13H17Cl2NO/c1-2-3-4-8-16-13(17)9-10-11(14)6-5-7-12(10)15/h5-7H,2-4,8-9H2,1H3,(H,16,17). The van der Waals surface area contributed by atoms with Crippen LogP contribution in [0.4, 0.5) is 0 Å². The lowest BCUT2D eigenvalue weighted by Gasteiger charge is -2.07. The third-order valence-electron chi connectivity index (χ3n) is 2.50. The molecule has 1 aromatic rings. The fraction of sp³-hybridized carbons (Fsp3) is 0.462. The number of unbranched alkanes of at least 4 members (excludes halogenated alkanes) is 2. The van der Waals surface area contributed by atoms with Crippen LogP contribution in [0.15, 0.2) is 18.2 Å². The summed E-state index contributed by atoms with van der Waals surface area (Å²) in [5.74, 6) is -0.0314. The van der Waals surface area contributed by atoms with Crippen molar-refractivity contribution in [3.05, 3.63) is 33.8 Å². The molecule has 0 bridgehead atoms. The maximum Gasteiger partial charge on any atom is 0.224 e. The highest BCUT2D eigenvalue weighted by molar-refractivity contribution is 6.36. The summed E-state index contributed by atoms with van der Waals surface area (Å²) >= 11 is 12.0. The van der Waals surface area contributed by atoms with Crippen LogP contribution in [0.25, 0.3) is 0 Å². The van der Waals surface area contributed by atoms with Crippen LogP contribution in [-0.2, 0) is 11.2 Å². The largest absolute Gasteiger partial charge is 0.356 e. The quantitative estimate of drug-likeness (QED) is 0.784. The van der Waals surface area contributed by atoms with E-state index in [1.54, 1.807) is 18.2 Å². The van der Waals surface area contributed by atoms with E-state index in [9.17, 15) is 4.79 Å². The van der Waals surface area contributed by atoms with Crippen molar-refractivity contribution < 1.29 is 4.79 Å². The summed E-state index contributed by atoms with van der Waals surface area (Å²) in [7, 11) is 0. The molecule has 0 radical (unpaired) electrons. The van der Waals surface area contributed by atoms with Gasteiger partial charge in [-0.3, -0.25) is 4.79 Å². The first-order valence-corrected chi connectivity index (χ1v) is 6.60. The molecule has 0 atom stereocenters. The van der Waals surface area contributed by atoms with Gasteiger partial charge in [0.2, 0.25) is 5.91 Å². The Balaban J connectivity index is 2.45. The van der Waals surface area contributed by atoms with Gasteiger partial charge in [-0.05, 0) is 24.1 Å². The van der Waals surface area contributed by atoms with E-state index in [0.717, 1.165) is 25.8 Å². The number of benzene rings is 1. The molecule has 4 heteroatoms. The van der Waals surface area contributed by atoms with Gasteiger partial charge >= 0.3 is 0 Å². The number of nitrogens with one attached hydrogen (secondary N) is 1. The van der Waals surface area contributed by atoms with Crippen molar-refractivity contribution in [2.75, 3.05) is 6.54 Å². The number of hydrogen-bond donors (Lipinski definition) is 1. The van der Waals surface area contributed by atoms with Crippen LogP contribution in [0.3, 0.4) is 0 Å². The van der Waals surface area contributed by atoms with E-state index in [1.807, 2.05) is 0 Å². The zero-order valence-electron chi connectivity index (χ0n) is 9.93. The molecule has 1 N–H and O–H groups in total. The molecule has 94 valence electrons. The number of hydrogen-bond acceptors (Lipinski definition) is 1. The number of halogens is 2. The van der Waals surface area contributed by atoms with Crippen LogP contribution in [0.1, 0.15) is 31.7 Å². The molecule has 0 aliphatic carbocycles. The van der Waals surface area contributed by atoms with E-state index in [2.05, 4.69) is 12.2 Å². The molecule has 0 unspecified atom stereocenters. The van der Waals surface area contributed by atoms with E-state index >= 15 is 0 Å². The first-order chi connectivity index (χ1) is 8.15. The van der Waals surface area contributed by atoms with Gasteiger partial charge in [-0.25, -0.2) is 0 Å². The van der Waals surface area contributed by atoms with Gasteiger partial charge in [-0.1, -0.05) is 49.0 Å². The normalized spacial score (nSPS) is 10.3. The second-order valence-electron chi connectivity index (χ2n) is 3.93. The number of carbonyl (C=O) groups is 1. The summed E-state index contributed by atoms with van der Waals surface area (Å²) in [6.45, 7) is 2.85. The lowest BCUT2D eigenvalue weighted by atomic mass is 10.1. The second-order valence-corrected chi connectivity index (χ2v) is 4.75. The molecule has 0 aliphatic rings. The van der Waals surface area contributed by atoms with Crippen molar-refractivity contribution in [3.63, 3.8) is 0 Å². The SMILES string of the molecule is CCCCCNC(=O)Cc1c(Cl)cccc1Cl. The van der Waals surface area contributed by atoms with Crippen LogP contribution < -0.4 is 5.32 Å². The van der Waals surface area contributed by atoms with E-state index in [4.69, 9.17) is 23.2 Å². The summed E-state index contributed by atoms with van der Waals surface area (Å²) in [6.07, 6.45) is 3.53. The van der Waals surface area contributed by atoms with Gasteiger partial charge in [0.1, 0.15) is 0 Å². The van der Waals surface area contributed by atoms with Gasteiger partial charge in [0.05, 0.1) is 6.42 Å². The molecular formula is C13H17Cl2NO. The molecule has 1 amide bonds. The highest BCUT2D eigenvalue weighted by Gasteiger charge is 2.09. The van der Waals surface area contributed by atoms with Gasteiger partial charge in [-0.2, -0.15) is 0 Å². The Labute approximate surface area is 112 Å². The molecule has 0 aliphatic heterocycles. The fourth-order valence-electron chi connectivity index (χ4n) is 1.53. The molecule has 0 heterocycles. The molecule has 0 aromatic heterocycles. The lowest BCUT2D eigenvalue weighted by Crippen LogP contribution is -2.26. The second kappa shape index (κ2) is 7.57. The average Bonchev–Trinajstić information content (AvgIpc) is 2.30. The van der Waals surface area contributed by atoms with Gasteiger partial charge in [0, 0.05) is 16.6 Å². The predicted molar refractivity (Wildman–Crippen MR) is 72.7 cm³/mol. The Kier molecular flexibility index (Phi) is 6.38. The molecule has 0 saturated carbocycles. The Hall–Kier alpha value is -0.730. The topological polar surface area (TPSA) is 29.1 Å². The predicted octanol–water partition coefficient (Wildman–Crippen LogP) is 3.84. The first-order valence-electron chi connectivity index (χ1n) is 5.84. The highest BCUT2D eigenvalue weighted by atomic mass is 35.5. The first kappa shape index (κ1) is 14.3. The number of amides is 1. The van der Waals surface area contributed by atoms with Crippen molar-refractivity contribution in [1.82, 2.24) is 5.32 Å². The summed E-state index contributed by atoms with van der Waals surface area (Å²) in [5, 5.41) is 3.95. The Morgan fingerprint density at radius 3 is 2.47 bits per heavy atom. The zero-order valence-corrected chi connectivity index (χ0v) is 11.4. The van der Waals surface area contributed by atoms with Crippen molar-refractivity contribution in [1.29, 1.82) is 0 Å². The van der Waals surface area contributed by atoms with E-state index in [0.29, 0.717) is 15.6 Å². The Morgan fingerprint density at radius 2 is 1.88 bits per heavy atom. The summed E-state index contributed by atoms with van der Waals surface area (Å²) in [6, 6.07) is 5.26. The summed E-state index contributed by atoms with van der Waals surface area (Å²) < 4.78 is 0. The molecular weight excluding hydrogens is 257 g/mol. The van der Waals surface area contributed by atoms with Crippen LogP contribution >= 0.6 is 23.2 Å². The monoisotopic (exact) mass is 273 g/mol. The van der Waals surface area contributed by atoms with Crippen LogP contribution in [0.5, 0.6) is 0 Å². The Bertz CT molecular complexity index is 359. The maximum absolute atomic E-state index is 11.7. The van der Waals surface area contributed by atoms with Gasteiger partial charge < -0.3 is 5.32 Å². The maximum atomic E-state index is 11.7. The lowest BCUT2D eigenvalue weighted by molar-refractivity contribution is -0.120. The molecule has 1 rings (SSSR count). The number of rotatable bonds is 6. The molecule has 0 spiro atoms. The van der Waals surface area contributed by atoms with Crippen molar-refractivity contribution in [2.45, 2.75) is 32.6 Å². The summed E-state index contributed by atoms with van der Waals surface area (Å²) in [5.41, 5.74) is 0.698. The molecule has 0 fully saturated rings. The van der Waals surface area contributed by atoms with Crippen molar-refractivity contribution in [2.24, 2.45) is 0 Å². The number of carbonyl (C=O) groups excluding carboxylic acids is 1. The van der Waals surface area contributed by atoms with Crippen LogP contribution in [0, 0.1) is 0 Å². The Morgan fingerprint density at radius 1 is 1.24 bits per heavy atom. The fourth-order valence-corrected chi connectivity index (χ4v) is 2.06. The molecule has 1 aromatic carbocycles. The minimum absolute atomic E-state index is 0.0314. The van der Waals surface area contributed by atoms with Crippen LogP contribution in [0.2, 0.25) is 10.0 Å². The minimum atomic E-state index is -0.0314. The van der Waals surface area contributed by atoms with Gasteiger partial charge in [-0.15, -0.1) is 0 Å². The van der Waals surface area contributed by atoms with E-state index < -0.39 is 0 Å². The van der Waals surface area contributed by atoms with Crippen molar-refractivity contribution >= 4 is 29.1 Å². The van der Waals surface area contributed by atoms with E-state index in [-0.39, 0.29) is 12.3 Å². The van der Waals surface area contributed by atoms with Gasteiger partial charge in [0.25, 0.3) is 0 Å². The smallest absolute Gasteiger partial charge is 0.224 e. The minimum Gasteiger partial charge on any atom is -0.356 e. The van der Waals surface area contributed by atoms with Crippen molar-refractivity contribution in [3.8, 4) is 0 Å². The highest BCUT2D eigenvalue weighted by Crippen LogP contribution is 2.24.